The van der Waals surface area contributed by atoms with Crippen molar-refractivity contribution in [1.82, 2.24) is 20.1 Å². The Morgan fingerprint density at radius 1 is 1.26 bits per heavy atom. The molecule has 2 bridgehead atoms. The number of aromatic nitrogens is 3. The number of nitrogens with zero attached hydrogens (tertiary/aromatic N) is 3. The topological polar surface area (TPSA) is 86.1 Å². The summed E-state index contributed by atoms with van der Waals surface area (Å²) in [7, 11) is 0. The third-order valence-electron chi connectivity index (χ3n) is 5.18. The lowest BCUT2D eigenvalue weighted by Gasteiger charge is -2.24. The van der Waals surface area contributed by atoms with Gasteiger partial charge in [-0.05, 0) is 43.2 Å². The van der Waals surface area contributed by atoms with E-state index in [1.54, 1.807) is 0 Å². The summed E-state index contributed by atoms with van der Waals surface area (Å²) in [4.78, 5) is 28.1. The molecule has 0 aliphatic heterocycles. The van der Waals surface area contributed by atoms with Crippen molar-refractivity contribution in [2.45, 2.75) is 38.5 Å². The summed E-state index contributed by atoms with van der Waals surface area (Å²) in [6.45, 7) is -3.12. The lowest BCUT2D eigenvalue weighted by Crippen LogP contribution is -2.40. The van der Waals surface area contributed by atoms with Gasteiger partial charge in [-0.15, -0.1) is 0 Å². The average molecular weight is 376 g/mol. The zero-order valence-corrected chi connectivity index (χ0v) is 14.3. The highest BCUT2D eigenvalue weighted by atomic mass is 19.3. The molecule has 0 radical (unpaired) electrons. The van der Waals surface area contributed by atoms with Crippen molar-refractivity contribution in [3.8, 4) is 17.1 Å². The molecule has 2 aromatic rings. The summed E-state index contributed by atoms with van der Waals surface area (Å²) in [5.74, 6) is 0.846. The van der Waals surface area contributed by atoms with Crippen LogP contribution in [-0.4, -0.2) is 33.3 Å². The third-order valence-corrected chi connectivity index (χ3v) is 5.18. The van der Waals surface area contributed by atoms with Crippen molar-refractivity contribution in [1.29, 1.82) is 0 Å². The van der Waals surface area contributed by atoms with Crippen LogP contribution in [0.1, 0.15) is 19.3 Å². The first-order valence-electron chi connectivity index (χ1n) is 8.76. The molecule has 1 atom stereocenters. The Kier molecular flexibility index (Phi) is 4.59. The van der Waals surface area contributed by atoms with Crippen LogP contribution in [-0.2, 0) is 11.3 Å². The second kappa shape index (κ2) is 7.05. The van der Waals surface area contributed by atoms with E-state index >= 15 is 0 Å². The summed E-state index contributed by atoms with van der Waals surface area (Å²) >= 11 is 0. The SMILES string of the molecule is O=C(Cn1nc(-c2ccc(OC(F)F)nc2)ccc1=O)NC1CC2CC1C2. The highest BCUT2D eigenvalue weighted by molar-refractivity contribution is 5.76. The largest absolute Gasteiger partial charge is 0.417 e. The van der Waals surface area contributed by atoms with Gasteiger partial charge in [-0.2, -0.15) is 13.9 Å². The average Bonchev–Trinajstić information content (AvgIpc) is 3.16. The summed E-state index contributed by atoms with van der Waals surface area (Å²) < 4.78 is 29.7. The molecular weight excluding hydrogens is 358 g/mol. The number of hydrogen-bond acceptors (Lipinski definition) is 5. The highest BCUT2D eigenvalue weighted by Gasteiger charge is 2.44. The van der Waals surface area contributed by atoms with E-state index in [1.807, 2.05) is 0 Å². The molecule has 0 saturated heterocycles. The van der Waals surface area contributed by atoms with E-state index in [4.69, 9.17) is 0 Å². The van der Waals surface area contributed by atoms with Gasteiger partial charge in [-0.25, -0.2) is 9.67 Å². The number of ether oxygens (including phenoxy) is 1. The van der Waals surface area contributed by atoms with Gasteiger partial charge in [0.25, 0.3) is 5.56 Å². The Morgan fingerprint density at radius 3 is 2.70 bits per heavy atom. The molecular formula is C18H18F2N4O3. The van der Waals surface area contributed by atoms with Gasteiger partial charge in [0, 0.05) is 29.9 Å². The van der Waals surface area contributed by atoms with Crippen molar-refractivity contribution in [3.63, 3.8) is 0 Å². The second-order valence-electron chi connectivity index (χ2n) is 6.99. The van der Waals surface area contributed by atoms with Crippen LogP contribution in [0.25, 0.3) is 11.3 Å². The summed E-state index contributed by atoms with van der Waals surface area (Å²) in [5.41, 5.74) is 0.527. The Bertz CT molecular complexity index is 894. The monoisotopic (exact) mass is 376 g/mol. The minimum absolute atomic E-state index is 0.166. The number of amides is 1. The normalized spacial score (nSPS) is 23.1. The molecule has 3 saturated carbocycles. The number of pyridine rings is 1. The van der Waals surface area contributed by atoms with Crippen LogP contribution in [0, 0.1) is 11.8 Å². The van der Waals surface area contributed by atoms with Gasteiger partial charge in [0.05, 0.1) is 5.69 Å². The van der Waals surface area contributed by atoms with Gasteiger partial charge in [0.2, 0.25) is 11.8 Å². The molecule has 0 aromatic carbocycles. The Hall–Kier alpha value is -2.84. The van der Waals surface area contributed by atoms with E-state index in [2.05, 4.69) is 20.1 Å². The van der Waals surface area contributed by atoms with Crippen LogP contribution in [0.15, 0.2) is 35.3 Å². The molecule has 0 spiro atoms. The molecule has 5 rings (SSSR count). The number of rotatable bonds is 6. The van der Waals surface area contributed by atoms with Gasteiger partial charge < -0.3 is 10.1 Å². The molecule has 1 N–H and O–H groups in total. The fourth-order valence-electron chi connectivity index (χ4n) is 3.83. The number of nitrogens with one attached hydrogen (secondary N) is 1. The number of carbonyl (C=O) groups is 1. The van der Waals surface area contributed by atoms with Crippen molar-refractivity contribution in [3.05, 3.63) is 40.8 Å². The van der Waals surface area contributed by atoms with Crippen molar-refractivity contribution >= 4 is 5.91 Å². The number of fused-ring (bicyclic) bond motifs is 1. The van der Waals surface area contributed by atoms with Gasteiger partial charge in [0.15, 0.2) is 0 Å². The first-order valence-corrected chi connectivity index (χ1v) is 8.76. The Labute approximate surface area is 153 Å². The maximum Gasteiger partial charge on any atom is 0.388 e. The first kappa shape index (κ1) is 17.6. The van der Waals surface area contributed by atoms with Crippen molar-refractivity contribution < 1.29 is 18.3 Å². The van der Waals surface area contributed by atoms with E-state index in [0.717, 1.165) is 17.0 Å². The highest BCUT2D eigenvalue weighted by Crippen LogP contribution is 2.48. The minimum Gasteiger partial charge on any atom is -0.417 e. The van der Waals surface area contributed by atoms with Crippen LogP contribution >= 0.6 is 0 Å². The predicted molar refractivity (Wildman–Crippen MR) is 91.1 cm³/mol. The van der Waals surface area contributed by atoms with Gasteiger partial charge in [0.1, 0.15) is 6.54 Å². The molecule has 3 aliphatic rings. The van der Waals surface area contributed by atoms with Crippen molar-refractivity contribution in [2.75, 3.05) is 0 Å². The smallest absolute Gasteiger partial charge is 0.388 e. The first-order chi connectivity index (χ1) is 13.0. The maximum atomic E-state index is 12.3. The second-order valence-corrected chi connectivity index (χ2v) is 6.99. The van der Waals surface area contributed by atoms with Gasteiger partial charge in [-0.3, -0.25) is 9.59 Å². The quantitative estimate of drug-likeness (QED) is 0.831. The molecule has 2 aromatic heterocycles. The molecule has 27 heavy (non-hydrogen) atoms. The fourth-order valence-corrected chi connectivity index (χ4v) is 3.83. The molecule has 3 fully saturated rings. The Morgan fingerprint density at radius 2 is 2.07 bits per heavy atom. The third kappa shape index (κ3) is 3.81. The van der Waals surface area contributed by atoms with E-state index in [9.17, 15) is 18.4 Å². The maximum absolute atomic E-state index is 12.3. The summed E-state index contributed by atoms with van der Waals surface area (Å²) in [6, 6.07) is 5.80. The molecule has 2 heterocycles. The van der Waals surface area contributed by atoms with E-state index < -0.39 is 12.2 Å². The molecule has 1 unspecified atom stereocenters. The summed E-state index contributed by atoms with van der Waals surface area (Å²) in [6.07, 6.45) is 4.69. The number of halogens is 2. The zero-order valence-electron chi connectivity index (χ0n) is 14.3. The fraction of sp³-hybridized carbons (Fsp3) is 0.444. The molecule has 1 amide bonds. The van der Waals surface area contributed by atoms with Crippen LogP contribution in [0.5, 0.6) is 5.88 Å². The minimum atomic E-state index is -2.95. The Balaban J connectivity index is 1.46. The standard InChI is InChI=1S/C18H18F2N4O3/c19-18(20)27-16-3-1-11(8-21-16)13-2-4-17(26)24(23-13)9-15(25)22-14-7-10-5-12(14)6-10/h1-4,8,10,12,14,18H,5-7,9H2,(H,22,25). The van der Waals surface area contributed by atoms with E-state index in [0.29, 0.717) is 17.2 Å². The lowest BCUT2D eigenvalue weighted by molar-refractivity contribution is -0.122. The van der Waals surface area contributed by atoms with Crippen LogP contribution in [0.4, 0.5) is 8.78 Å². The predicted octanol–water partition coefficient (Wildman–Crippen LogP) is 1.82. The van der Waals surface area contributed by atoms with E-state index in [-0.39, 0.29) is 24.4 Å². The zero-order chi connectivity index (χ0) is 19.0. The van der Waals surface area contributed by atoms with Crippen LogP contribution < -0.4 is 15.6 Å². The van der Waals surface area contributed by atoms with Crippen LogP contribution in [0.2, 0.25) is 0 Å². The summed E-state index contributed by atoms with van der Waals surface area (Å²) in [5, 5.41) is 7.18. The van der Waals surface area contributed by atoms with E-state index in [1.165, 1.54) is 43.3 Å². The molecule has 142 valence electrons. The lowest BCUT2D eigenvalue weighted by atomic mass is 9.84. The van der Waals surface area contributed by atoms with Gasteiger partial charge >= 0.3 is 6.61 Å². The number of carbonyl (C=O) groups excluding carboxylic acids is 1. The molecule has 7 nitrogen and oxygen atoms in total. The van der Waals surface area contributed by atoms with Crippen LogP contribution in [0.3, 0.4) is 0 Å². The molecule has 9 heteroatoms. The van der Waals surface area contributed by atoms with Gasteiger partial charge in [-0.1, -0.05) is 0 Å². The van der Waals surface area contributed by atoms with Crippen molar-refractivity contribution in [2.24, 2.45) is 11.8 Å². The number of hydrogen-bond donors (Lipinski definition) is 1. The number of alkyl halides is 2. The molecule has 3 aliphatic carbocycles.